The van der Waals surface area contributed by atoms with Crippen molar-refractivity contribution in [3.05, 3.63) is 17.7 Å². The molecule has 5 heteroatoms. The van der Waals surface area contributed by atoms with Gasteiger partial charge in [-0.05, 0) is 6.07 Å². The van der Waals surface area contributed by atoms with E-state index in [9.17, 15) is 5.11 Å². The SMILES string of the molecule is Oc1c(CN2CCNCC2)ccc2c1OCCO2. The molecular weight excluding hydrogens is 232 g/mol. The molecule has 2 aliphatic rings. The van der Waals surface area contributed by atoms with Crippen molar-refractivity contribution in [1.82, 2.24) is 10.2 Å². The third-order valence-electron chi connectivity index (χ3n) is 3.37. The monoisotopic (exact) mass is 250 g/mol. The molecule has 1 saturated heterocycles. The van der Waals surface area contributed by atoms with Crippen LogP contribution >= 0.6 is 0 Å². The Morgan fingerprint density at radius 3 is 2.78 bits per heavy atom. The number of phenols is 1. The summed E-state index contributed by atoms with van der Waals surface area (Å²) < 4.78 is 10.9. The standard InChI is InChI=1S/C13H18N2O3/c16-12-10(9-15-5-3-14-4-6-15)1-2-11-13(12)18-8-7-17-11/h1-2,14,16H,3-9H2. The van der Waals surface area contributed by atoms with Crippen LogP contribution in [-0.4, -0.2) is 49.4 Å². The molecule has 18 heavy (non-hydrogen) atoms. The van der Waals surface area contributed by atoms with E-state index in [2.05, 4.69) is 10.2 Å². The zero-order valence-electron chi connectivity index (χ0n) is 10.3. The lowest BCUT2D eigenvalue weighted by Gasteiger charge is -2.28. The molecule has 3 rings (SSSR count). The molecule has 1 aromatic carbocycles. The van der Waals surface area contributed by atoms with Gasteiger partial charge in [0.15, 0.2) is 11.5 Å². The summed E-state index contributed by atoms with van der Waals surface area (Å²) in [7, 11) is 0. The van der Waals surface area contributed by atoms with Gasteiger partial charge >= 0.3 is 0 Å². The van der Waals surface area contributed by atoms with Gasteiger partial charge in [0.1, 0.15) is 13.2 Å². The first kappa shape index (κ1) is 11.6. The highest BCUT2D eigenvalue weighted by Crippen LogP contribution is 2.41. The predicted octanol–water partition coefficient (Wildman–Crippen LogP) is 0.569. The van der Waals surface area contributed by atoms with Gasteiger partial charge in [-0.25, -0.2) is 0 Å². The van der Waals surface area contributed by atoms with Crippen LogP contribution in [0.4, 0.5) is 0 Å². The van der Waals surface area contributed by atoms with Gasteiger partial charge in [0.2, 0.25) is 5.75 Å². The molecule has 0 radical (unpaired) electrons. The number of nitrogens with one attached hydrogen (secondary N) is 1. The quantitative estimate of drug-likeness (QED) is 0.803. The normalized spacial score (nSPS) is 19.8. The summed E-state index contributed by atoms with van der Waals surface area (Å²) in [4.78, 5) is 2.32. The fourth-order valence-corrected chi connectivity index (χ4v) is 2.38. The minimum Gasteiger partial charge on any atom is -0.504 e. The zero-order valence-corrected chi connectivity index (χ0v) is 10.3. The van der Waals surface area contributed by atoms with Crippen molar-refractivity contribution in [2.45, 2.75) is 6.54 Å². The number of phenolic OH excluding ortho intramolecular Hbond substituents is 1. The molecule has 0 bridgehead atoms. The van der Waals surface area contributed by atoms with Gasteiger partial charge in [-0.15, -0.1) is 0 Å². The molecule has 98 valence electrons. The summed E-state index contributed by atoms with van der Waals surface area (Å²) in [6.45, 7) is 5.82. The largest absolute Gasteiger partial charge is 0.504 e. The molecule has 2 aliphatic heterocycles. The van der Waals surface area contributed by atoms with Crippen LogP contribution in [0.1, 0.15) is 5.56 Å². The molecule has 0 aliphatic carbocycles. The van der Waals surface area contributed by atoms with E-state index in [1.165, 1.54) is 0 Å². The molecule has 0 aromatic heterocycles. The van der Waals surface area contributed by atoms with E-state index in [4.69, 9.17) is 9.47 Å². The van der Waals surface area contributed by atoms with Crippen molar-refractivity contribution in [1.29, 1.82) is 0 Å². The Morgan fingerprint density at radius 1 is 1.17 bits per heavy atom. The van der Waals surface area contributed by atoms with E-state index < -0.39 is 0 Å². The van der Waals surface area contributed by atoms with Crippen LogP contribution in [0.2, 0.25) is 0 Å². The second kappa shape index (κ2) is 5.04. The highest BCUT2D eigenvalue weighted by atomic mass is 16.6. The first-order chi connectivity index (χ1) is 8.84. The van der Waals surface area contributed by atoms with Crippen molar-refractivity contribution in [3.63, 3.8) is 0 Å². The lowest BCUT2D eigenvalue weighted by Crippen LogP contribution is -2.42. The number of aromatic hydroxyl groups is 1. The smallest absolute Gasteiger partial charge is 0.203 e. The summed E-state index contributed by atoms with van der Waals surface area (Å²) in [6.07, 6.45) is 0. The highest BCUT2D eigenvalue weighted by Gasteiger charge is 2.20. The first-order valence-electron chi connectivity index (χ1n) is 6.38. The molecule has 0 spiro atoms. The third kappa shape index (κ3) is 2.23. The number of nitrogens with zero attached hydrogens (tertiary/aromatic N) is 1. The maximum Gasteiger partial charge on any atom is 0.203 e. The number of benzene rings is 1. The Hall–Kier alpha value is -1.46. The van der Waals surface area contributed by atoms with Gasteiger partial charge in [-0.2, -0.15) is 0 Å². The molecular formula is C13H18N2O3. The average molecular weight is 250 g/mol. The minimum absolute atomic E-state index is 0.228. The van der Waals surface area contributed by atoms with Crippen molar-refractivity contribution in [3.8, 4) is 17.2 Å². The number of hydrogen-bond donors (Lipinski definition) is 2. The van der Waals surface area contributed by atoms with Gasteiger partial charge in [0.05, 0.1) is 0 Å². The topological polar surface area (TPSA) is 54.0 Å². The van der Waals surface area contributed by atoms with E-state index in [0.29, 0.717) is 24.7 Å². The maximum absolute atomic E-state index is 10.2. The Morgan fingerprint density at radius 2 is 1.94 bits per heavy atom. The lowest BCUT2D eigenvalue weighted by molar-refractivity contribution is 0.164. The van der Waals surface area contributed by atoms with Crippen LogP contribution < -0.4 is 14.8 Å². The molecule has 0 unspecified atom stereocenters. The van der Waals surface area contributed by atoms with Crippen molar-refractivity contribution in [2.75, 3.05) is 39.4 Å². The Labute approximate surface area is 106 Å². The van der Waals surface area contributed by atoms with Crippen molar-refractivity contribution in [2.24, 2.45) is 0 Å². The van der Waals surface area contributed by atoms with Crippen molar-refractivity contribution >= 4 is 0 Å². The number of fused-ring (bicyclic) bond motifs is 1. The fourth-order valence-electron chi connectivity index (χ4n) is 2.38. The van der Waals surface area contributed by atoms with Gasteiger partial charge in [0.25, 0.3) is 0 Å². The molecule has 2 N–H and O–H groups in total. The second-order valence-electron chi connectivity index (χ2n) is 4.62. The summed E-state index contributed by atoms with van der Waals surface area (Å²) in [5.74, 6) is 1.36. The van der Waals surface area contributed by atoms with E-state index in [0.717, 1.165) is 38.3 Å². The highest BCUT2D eigenvalue weighted by molar-refractivity contribution is 5.55. The van der Waals surface area contributed by atoms with Crippen LogP contribution in [0.15, 0.2) is 12.1 Å². The van der Waals surface area contributed by atoms with E-state index >= 15 is 0 Å². The molecule has 5 nitrogen and oxygen atoms in total. The molecule has 1 aromatic rings. The van der Waals surface area contributed by atoms with E-state index in [1.807, 2.05) is 12.1 Å². The molecule has 0 amide bonds. The summed E-state index contributed by atoms with van der Waals surface area (Å²) >= 11 is 0. The Kier molecular flexibility index (Phi) is 3.25. The summed E-state index contributed by atoms with van der Waals surface area (Å²) in [5.41, 5.74) is 0.904. The third-order valence-corrected chi connectivity index (χ3v) is 3.37. The second-order valence-corrected chi connectivity index (χ2v) is 4.62. The molecule has 0 saturated carbocycles. The Balaban J connectivity index is 1.79. The van der Waals surface area contributed by atoms with Crippen LogP contribution in [0.5, 0.6) is 17.2 Å². The summed E-state index contributed by atoms with van der Waals surface area (Å²) in [6, 6.07) is 3.80. The van der Waals surface area contributed by atoms with Gasteiger partial charge < -0.3 is 19.9 Å². The fraction of sp³-hybridized carbons (Fsp3) is 0.538. The Bertz CT molecular complexity index is 430. The zero-order chi connectivity index (χ0) is 12.4. The first-order valence-corrected chi connectivity index (χ1v) is 6.38. The number of rotatable bonds is 2. The molecule has 0 atom stereocenters. The van der Waals surface area contributed by atoms with Gasteiger partial charge in [-0.1, -0.05) is 6.07 Å². The van der Waals surface area contributed by atoms with Crippen LogP contribution in [0.25, 0.3) is 0 Å². The summed E-state index contributed by atoms with van der Waals surface area (Å²) in [5, 5.41) is 13.5. The number of hydrogen-bond acceptors (Lipinski definition) is 5. The lowest BCUT2D eigenvalue weighted by atomic mass is 10.1. The van der Waals surface area contributed by atoms with E-state index in [1.54, 1.807) is 0 Å². The minimum atomic E-state index is 0.228. The predicted molar refractivity (Wildman–Crippen MR) is 67.2 cm³/mol. The average Bonchev–Trinajstić information content (AvgIpc) is 2.43. The van der Waals surface area contributed by atoms with E-state index in [-0.39, 0.29) is 5.75 Å². The van der Waals surface area contributed by atoms with Gasteiger partial charge in [0, 0.05) is 38.3 Å². The molecule has 2 heterocycles. The van der Waals surface area contributed by atoms with Gasteiger partial charge in [-0.3, -0.25) is 4.90 Å². The maximum atomic E-state index is 10.2. The van der Waals surface area contributed by atoms with Crippen LogP contribution in [0.3, 0.4) is 0 Å². The number of ether oxygens (including phenoxy) is 2. The van der Waals surface area contributed by atoms with Crippen LogP contribution in [-0.2, 0) is 6.54 Å². The number of piperazine rings is 1. The molecule has 1 fully saturated rings. The van der Waals surface area contributed by atoms with Crippen LogP contribution in [0, 0.1) is 0 Å². The van der Waals surface area contributed by atoms with Crippen molar-refractivity contribution < 1.29 is 14.6 Å².